The van der Waals surface area contributed by atoms with E-state index >= 15 is 0 Å². The van der Waals surface area contributed by atoms with Gasteiger partial charge in [0.1, 0.15) is 5.78 Å². The number of ketones is 1. The Morgan fingerprint density at radius 3 is 2.67 bits per heavy atom. The highest BCUT2D eigenvalue weighted by atomic mass is 16.1. The van der Waals surface area contributed by atoms with Gasteiger partial charge >= 0.3 is 0 Å². The summed E-state index contributed by atoms with van der Waals surface area (Å²) in [5, 5.41) is 0. The molecule has 1 unspecified atom stereocenters. The topological polar surface area (TPSA) is 43.1 Å². The summed E-state index contributed by atoms with van der Waals surface area (Å²) in [6.07, 6.45) is 6.97. The number of carbonyl (C=O) groups is 1. The number of Topliss-reactive ketones (excluding diaryl/α,β-unsaturated/α-hetero) is 1. The van der Waals surface area contributed by atoms with Crippen molar-refractivity contribution < 1.29 is 4.79 Å². The van der Waals surface area contributed by atoms with Crippen LogP contribution in [0.5, 0.6) is 0 Å². The smallest absolute Gasteiger partial charge is 0.137 e. The van der Waals surface area contributed by atoms with Gasteiger partial charge in [-0.3, -0.25) is 4.79 Å². The molecule has 0 spiro atoms. The molecule has 0 aromatic heterocycles. The third-order valence-electron chi connectivity index (χ3n) is 4.84. The van der Waals surface area contributed by atoms with Crippen LogP contribution >= 0.6 is 0 Å². The minimum Gasteiger partial charge on any atom is -0.330 e. The van der Waals surface area contributed by atoms with Crippen molar-refractivity contribution in [2.24, 2.45) is 17.6 Å². The molecule has 1 atom stereocenters. The van der Waals surface area contributed by atoms with Crippen molar-refractivity contribution in [3.05, 3.63) is 34.9 Å². The van der Waals surface area contributed by atoms with E-state index in [-0.39, 0.29) is 0 Å². The van der Waals surface area contributed by atoms with Crippen LogP contribution in [0.15, 0.2) is 18.2 Å². The number of hydrogen-bond acceptors (Lipinski definition) is 2. The van der Waals surface area contributed by atoms with Crippen molar-refractivity contribution in [2.75, 3.05) is 6.54 Å². The van der Waals surface area contributed by atoms with Crippen LogP contribution in [0.1, 0.15) is 56.2 Å². The van der Waals surface area contributed by atoms with E-state index in [1.807, 2.05) is 0 Å². The van der Waals surface area contributed by atoms with E-state index in [0.29, 0.717) is 30.5 Å². The second kappa shape index (κ2) is 7.74. The average Bonchev–Trinajstić information content (AvgIpc) is 2.90. The molecule has 1 aromatic carbocycles. The van der Waals surface area contributed by atoms with Crippen LogP contribution in [-0.2, 0) is 24.1 Å². The molecule has 0 saturated carbocycles. The number of benzene rings is 1. The molecule has 0 heterocycles. The second-order valence-electron chi connectivity index (χ2n) is 6.79. The van der Waals surface area contributed by atoms with Crippen molar-refractivity contribution in [1.82, 2.24) is 0 Å². The molecule has 21 heavy (non-hydrogen) atoms. The van der Waals surface area contributed by atoms with Crippen LogP contribution in [0, 0.1) is 11.8 Å². The zero-order valence-electron chi connectivity index (χ0n) is 13.5. The average molecular weight is 287 g/mol. The lowest BCUT2D eigenvalue weighted by Crippen LogP contribution is -2.16. The first-order valence-corrected chi connectivity index (χ1v) is 8.42. The van der Waals surface area contributed by atoms with Gasteiger partial charge in [0.2, 0.25) is 0 Å². The first-order chi connectivity index (χ1) is 10.1. The maximum absolute atomic E-state index is 12.2. The Morgan fingerprint density at radius 2 is 1.95 bits per heavy atom. The second-order valence-corrected chi connectivity index (χ2v) is 6.79. The Balaban J connectivity index is 1.84. The van der Waals surface area contributed by atoms with E-state index in [1.165, 1.54) is 36.0 Å². The lowest BCUT2D eigenvalue weighted by molar-refractivity contribution is -0.118. The molecule has 0 amide bonds. The van der Waals surface area contributed by atoms with Gasteiger partial charge in [-0.25, -0.2) is 0 Å². The summed E-state index contributed by atoms with van der Waals surface area (Å²) in [6.45, 7) is 5.18. The van der Waals surface area contributed by atoms with Gasteiger partial charge in [0.25, 0.3) is 0 Å². The van der Waals surface area contributed by atoms with Gasteiger partial charge < -0.3 is 5.73 Å². The van der Waals surface area contributed by atoms with Gasteiger partial charge in [-0.05, 0) is 67.2 Å². The molecule has 2 rings (SSSR count). The Labute approximate surface area is 129 Å². The van der Waals surface area contributed by atoms with Crippen LogP contribution < -0.4 is 5.73 Å². The molecule has 1 aliphatic rings. The number of aryl methyl sites for hydroxylation is 2. The Bertz CT molecular complexity index is 478. The summed E-state index contributed by atoms with van der Waals surface area (Å²) in [7, 11) is 0. The summed E-state index contributed by atoms with van der Waals surface area (Å²) in [5.41, 5.74) is 9.80. The maximum atomic E-state index is 12.2. The lowest BCUT2D eigenvalue weighted by Gasteiger charge is -2.19. The normalized spacial score (nSPS) is 15.2. The maximum Gasteiger partial charge on any atom is 0.137 e. The van der Waals surface area contributed by atoms with E-state index in [2.05, 4.69) is 32.0 Å². The van der Waals surface area contributed by atoms with Crippen LogP contribution in [-0.4, -0.2) is 12.3 Å². The van der Waals surface area contributed by atoms with E-state index in [1.54, 1.807) is 0 Å². The third-order valence-corrected chi connectivity index (χ3v) is 4.84. The van der Waals surface area contributed by atoms with Gasteiger partial charge in [0.05, 0.1) is 0 Å². The number of nitrogens with two attached hydrogens (primary N) is 1. The molecule has 0 radical (unpaired) electrons. The van der Waals surface area contributed by atoms with E-state index in [9.17, 15) is 4.79 Å². The Hall–Kier alpha value is -1.15. The van der Waals surface area contributed by atoms with Gasteiger partial charge in [0, 0.05) is 12.8 Å². The fourth-order valence-electron chi connectivity index (χ4n) is 3.42. The molecule has 1 aromatic rings. The first kappa shape index (κ1) is 16.2. The largest absolute Gasteiger partial charge is 0.330 e. The quantitative estimate of drug-likeness (QED) is 0.792. The number of rotatable bonds is 8. The lowest BCUT2D eigenvalue weighted by atomic mass is 9.87. The van der Waals surface area contributed by atoms with Gasteiger partial charge in [-0.1, -0.05) is 32.0 Å². The van der Waals surface area contributed by atoms with Crippen molar-refractivity contribution in [1.29, 1.82) is 0 Å². The molecule has 2 nitrogen and oxygen atoms in total. The third kappa shape index (κ3) is 4.67. The molecule has 1 aliphatic carbocycles. The highest BCUT2D eigenvalue weighted by molar-refractivity contribution is 5.80. The van der Waals surface area contributed by atoms with Crippen LogP contribution in [0.2, 0.25) is 0 Å². The summed E-state index contributed by atoms with van der Waals surface area (Å²) < 4.78 is 0. The number of hydrogen-bond donors (Lipinski definition) is 1. The van der Waals surface area contributed by atoms with Gasteiger partial charge in [-0.2, -0.15) is 0 Å². The van der Waals surface area contributed by atoms with Crippen molar-refractivity contribution in [3.8, 4) is 0 Å². The fourth-order valence-corrected chi connectivity index (χ4v) is 3.42. The zero-order valence-corrected chi connectivity index (χ0v) is 13.5. The summed E-state index contributed by atoms with van der Waals surface area (Å²) in [5.74, 6) is 1.57. The van der Waals surface area contributed by atoms with E-state index < -0.39 is 0 Å². The highest BCUT2D eigenvalue weighted by Gasteiger charge is 2.16. The minimum atomic E-state index is 0.371. The van der Waals surface area contributed by atoms with Crippen LogP contribution in [0.3, 0.4) is 0 Å². The number of carbonyl (C=O) groups excluding carboxylic acids is 1. The molecule has 0 aliphatic heterocycles. The fraction of sp³-hybridized carbons (Fsp3) is 0.632. The monoisotopic (exact) mass is 287 g/mol. The molecule has 2 N–H and O–H groups in total. The predicted molar refractivity (Wildman–Crippen MR) is 88.4 cm³/mol. The van der Waals surface area contributed by atoms with Gasteiger partial charge in [0.15, 0.2) is 0 Å². The van der Waals surface area contributed by atoms with Crippen molar-refractivity contribution in [2.45, 2.75) is 58.8 Å². The summed E-state index contributed by atoms with van der Waals surface area (Å²) in [6, 6.07) is 6.61. The highest BCUT2D eigenvalue weighted by Crippen LogP contribution is 2.24. The molecule has 0 saturated heterocycles. The summed E-state index contributed by atoms with van der Waals surface area (Å²) >= 11 is 0. The first-order valence-electron chi connectivity index (χ1n) is 8.42. The Kier molecular flexibility index (Phi) is 5.98. The Morgan fingerprint density at radius 1 is 1.19 bits per heavy atom. The molecule has 2 heteroatoms. The van der Waals surface area contributed by atoms with E-state index in [0.717, 1.165) is 19.4 Å². The minimum absolute atomic E-state index is 0.371. The number of fused-ring (bicyclic) bond motifs is 1. The van der Waals surface area contributed by atoms with Crippen LogP contribution in [0.25, 0.3) is 0 Å². The SMILES string of the molecule is CC(C)C(CCN)CCC(=O)Cc1ccc2c(c1)CCC2. The van der Waals surface area contributed by atoms with Crippen molar-refractivity contribution in [3.63, 3.8) is 0 Å². The molecule has 0 bridgehead atoms. The molecular weight excluding hydrogens is 258 g/mol. The molecule has 0 fully saturated rings. The van der Waals surface area contributed by atoms with Crippen LogP contribution in [0.4, 0.5) is 0 Å². The molecular formula is C19H29NO. The van der Waals surface area contributed by atoms with Gasteiger partial charge in [-0.15, -0.1) is 0 Å². The zero-order chi connectivity index (χ0) is 15.2. The standard InChI is InChI=1S/C19H29NO/c1-14(2)16(10-11-20)8-9-19(21)13-15-6-7-17-4-3-5-18(17)12-15/h6-7,12,14,16H,3-5,8-11,13,20H2,1-2H3. The van der Waals surface area contributed by atoms with Crippen molar-refractivity contribution >= 4 is 5.78 Å². The van der Waals surface area contributed by atoms with E-state index in [4.69, 9.17) is 5.73 Å². The summed E-state index contributed by atoms with van der Waals surface area (Å²) in [4.78, 5) is 12.2. The molecule has 116 valence electrons. The predicted octanol–water partition coefficient (Wildman–Crippen LogP) is 3.69.